The van der Waals surface area contributed by atoms with Crippen molar-refractivity contribution in [3.05, 3.63) is 58.9 Å². The lowest BCUT2D eigenvalue weighted by molar-refractivity contribution is -0.137. The summed E-state index contributed by atoms with van der Waals surface area (Å²) in [7, 11) is 2.01. The van der Waals surface area contributed by atoms with E-state index in [0.717, 1.165) is 37.1 Å². The van der Waals surface area contributed by atoms with E-state index in [4.69, 9.17) is 11.6 Å². The average Bonchev–Trinajstić information content (AvgIpc) is 3.01. The Bertz CT molecular complexity index is 696. The van der Waals surface area contributed by atoms with Crippen molar-refractivity contribution in [3.63, 3.8) is 0 Å². The molecule has 3 rings (SSSR count). The molecule has 1 N–H and O–H groups in total. The van der Waals surface area contributed by atoms with Gasteiger partial charge in [0.2, 0.25) is 5.91 Å². The van der Waals surface area contributed by atoms with Crippen LogP contribution < -0.4 is 0 Å². The molecule has 2 aromatic rings. The summed E-state index contributed by atoms with van der Waals surface area (Å²) in [5, 5.41) is 11.0. The molecule has 0 spiro atoms. The molecule has 1 saturated heterocycles. The number of hydrogen-bond donors (Lipinski definition) is 1. The summed E-state index contributed by atoms with van der Waals surface area (Å²) in [5.41, 5.74) is 1.88. The quantitative estimate of drug-likeness (QED) is 0.913. The van der Waals surface area contributed by atoms with Crippen LogP contribution in [0.1, 0.15) is 49.1 Å². The third kappa shape index (κ3) is 3.65. The molecular weight excluding hydrogens is 324 g/mol. The molecule has 1 aromatic heterocycles. The maximum absolute atomic E-state index is 12.8. The van der Waals surface area contributed by atoms with Gasteiger partial charge in [-0.05, 0) is 49.1 Å². The summed E-state index contributed by atoms with van der Waals surface area (Å²) < 4.78 is 2.08. The number of likely N-dealkylation sites (tertiary alicyclic amines) is 1. The molecule has 2 unspecified atom stereocenters. The van der Waals surface area contributed by atoms with Crippen LogP contribution in [0.15, 0.2) is 42.6 Å². The van der Waals surface area contributed by atoms with E-state index in [1.54, 1.807) is 24.3 Å². The Hall–Kier alpha value is -1.78. The maximum atomic E-state index is 12.8. The van der Waals surface area contributed by atoms with Gasteiger partial charge in [0, 0.05) is 30.5 Å². The minimum absolute atomic E-state index is 0.00310. The van der Waals surface area contributed by atoms with Crippen molar-refractivity contribution >= 4 is 17.5 Å². The normalized spacial score (nSPS) is 19.3. The Labute approximate surface area is 147 Å². The Morgan fingerprint density at radius 1 is 1.29 bits per heavy atom. The summed E-state index contributed by atoms with van der Waals surface area (Å²) >= 11 is 5.88. The van der Waals surface area contributed by atoms with E-state index in [0.29, 0.717) is 5.02 Å². The number of aryl methyl sites for hydroxylation is 1. The van der Waals surface area contributed by atoms with Crippen molar-refractivity contribution < 1.29 is 9.90 Å². The molecule has 1 aromatic carbocycles. The second kappa shape index (κ2) is 7.41. The van der Waals surface area contributed by atoms with Gasteiger partial charge in [-0.1, -0.05) is 23.7 Å². The predicted octanol–water partition coefficient (Wildman–Crippen LogP) is 3.86. The molecule has 1 aliphatic rings. The standard InChI is InChI=1S/C19H23ClN2O2/c1-21-11-4-6-16(21)17-5-2-3-12-22(17)19(24)13-18(23)14-7-9-15(20)10-8-14/h4,6-11,17-18,23H,2-3,5,12-13H2,1H3. The molecule has 128 valence electrons. The molecule has 24 heavy (non-hydrogen) atoms. The number of halogens is 1. The molecule has 1 aliphatic heterocycles. The molecule has 4 nitrogen and oxygen atoms in total. The first kappa shape index (κ1) is 17.1. The minimum Gasteiger partial charge on any atom is -0.388 e. The fraction of sp³-hybridized carbons (Fsp3) is 0.421. The number of hydrogen-bond acceptors (Lipinski definition) is 2. The molecule has 0 saturated carbocycles. The highest BCUT2D eigenvalue weighted by atomic mass is 35.5. The molecule has 0 aliphatic carbocycles. The molecule has 1 fully saturated rings. The Morgan fingerprint density at radius 3 is 2.71 bits per heavy atom. The predicted molar refractivity (Wildman–Crippen MR) is 94.7 cm³/mol. The van der Waals surface area contributed by atoms with Crippen LogP contribution in [0.3, 0.4) is 0 Å². The average molecular weight is 347 g/mol. The SMILES string of the molecule is Cn1cccc1C1CCCCN1C(=O)CC(O)c1ccc(Cl)cc1. The van der Waals surface area contributed by atoms with Crippen LogP contribution in [0.4, 0.5) is 0 Å². The molecular formula is C19H23ClN2O2. The van der Waals surface area contributed by atoms with Crippen LogP contribution in [0.2, 0.25) is 5.02 Å². The van der Waals surface area contributed by atoms with E-state index in [-0.39, 0.29) is 18.4 Å². The van der Waals surface area contributed by atoms with Gasteiger partial charge >= 0.3 is 0 Å². The van der Waals surface area contributed by atoms with Gasteiger partial charge in [0.1, 0.15) is 0 Å². The van der Waals surface area contributed by atoms with Gasteiger partial charge in [-0.15, -0.1) is 0 Å². The van der Waals surface area contributed by atoms with Gasteiger partial charge in [-0.2, -0.15) is 0 Å². The fourth-order valence-electron chi connectivity index (χ4n) is 3.44. The van der Waals surface area contributed by atoms with E-state index in [1.807, 2.05) is 24.2 Å². The van der Waals surface area contributed by atoms with Crippen molar-refractivity contribution in [3.8, 4) is 0 Å². The number of piperidine rings is 1. The summed E-state index contributed by atoms with van der Waals surface area (Å²) in [6.45, 7) is 0.752. The van der Waals surface area contributed by atoms with E-state index in [1.165, 1.54) is 0 Å². The monoisotopic (exact) mass is 346 g/mol. The Morgan fingerprint density at radius 2 is 2.04 bits per heavy atom. The number of aliphatic hydroxyl groups excluding tert-OH is 1. The first-order valence-corrected chi connectivity index (χ1v) is 8.78. The van der Waals surface area contributed by atoms with Crippen LogP contribution in [-0.2, 0) is 11.8 Å². The summed E-state index contributed by atoms with van der Waals surface area (Å²) in [6, 6.07) is 11.2. The molecule has 2 heterocycles. The number of carbonyl (C=O) groups is 1. The molecule has 0 bridgehead atoms. The lowest BCUT2D eigenvalue weighted by atomic mass is 9.97. The third-order valence-electron chi connectivity index (χ3n) is 4.77. The van der Waals surface area contributed by atoms with Crippen molar-refractivity contribution in [2.24, 2.45) is 7.05 Å². The van der Waals surface area contributed by atoms with E-state index >= 15 is 0 Å². The van der Waals surface area contributed by atoms with Crippen molar-refractivity contribution in [2.45, 2.75) is 37.8 Å². The highest BCUT2D eigenvalue weighted by Crippen LogP contribution is 2.32. The Balaban J connectivity index is 1.72. The molecule has 2 atom stereocenters. The number of nitrogens with zero attached hydrogens (tertiary/aromatic N) is 2. The van der Waals surface area contributed by atoms with Crippen molar-refractivity contribution in [2.75, 3.05) is 6.54 Å². The van der Waals surface area contributed by atoms with Crippen molar-refractivity contribution in [1.29, 1.82) is 0 Å². The van der Waals surface area contributed by atoms with Gasteiger partial charge in [-0.25, -0.2) is 0 Å². The summed E-state index contributed by atoms with van der Waals surface area (Å²) in [5.74, 6) is 0.00310. The van der Waals surface area contributed by atoms with Crippen LogP contribution >= 0.6 is 11.6 Å². The third-order valence-corrected chi connectivity index (χ3v) is 5.02. The second-order valence-electron chi connectivity index (χ2n) is 6.41. The van der Waals surface area contributed by atoms with Crippen molar-refractivity contribution in [1.82, 2.24) is 9.47 Å². The van der Waals surface area contributed by atoms with Gasteiger partial charge in [0.25, 0.3) is 0 Å². The van der Waals surface area contributed by atoms with Crippen LogP contribution in [0.5, 0.6) is 0 Å². The first-order chi connectivity index (χ1) is 11.6. The highest BCUT2D eigenvalue weighted by molar-refractivity contribution is 6.30. The highest BCUT2D eigenvalue weighted by Gasteiger charge is 2.30. The number of rotatable bonds is 4. The molecule has 0 radical (unpaired) electrons. The zero-order valence-corrected chi connectivity index (χ0v) is 14.6. The maximum Gasteiger partial charge on any atom is 0.226 e. The van der Waals surface area contributed by atoms with Crippen LogP contribution in [0, 0.1) is 0 Å². The molecule has 1 amide bonds. The van der Waals surface area contributed by atoms with Gasteiger partial charge in [0.15, 0.2) is 0 Å². The minimum atomic E-state index is -0.800. The van der Waals surface area contributed by atoms with E-state index < -0.39 is 6.10 Å². The van der Waals surface area contributed by atoms with Gasteiger partial charge in [-0.3, -0.25) is 4.79 Å². The smallest absolute Gasteiger partial charge is 0.226 e. The largest absolute Gasteiger partial charge is 0.388 e. The number of carbonyl (C=O) groups excluding carboxylic acids is 1. The lowest BCUT2D eigenvalue weighted by Gasteiger charge is -2.36. The van der Waals surface area contributed by atoms with Gasteiger partial charge < -0.3 is 14.6 Å². The zero-order chi connectivity index (χ0) is 17.1. The zero-order valence-electron chi connectivity index (χ0n) is 13.9. The first-order valence-electron chi connectivity index (χ1n) is 8.40. The van der Waals surface area contributed by atoms with Gasteiger partial charge in [0.05, 0.1) is 18.6 Å². The topological polar surface area (TPSA) is 45.5 Å². The number of amides is 1. The van der Waals surface area contributed by atoms with Crippen LogP contribution in [0.25, 0.3) is 0 Å². The number of aromatic nitrogens is 1. The van der Waals surface area contributed by atoms with Crippen LogP contribution in [-0.4, -0.2) is 27.0 Å². The number of aliphatic hydroxyl groups is 1. The lowest BCUT2D eigenvalue weighted by Crippen LogP contribution is -2.39. The summed E-state index contributed by atoms with van der Waals surface area (Å²) in [4.78, 5) is 14.7. The number of benzene rings is 1. The fourth-order valence-corrected chi connectivity index (χ4v) is 3.57. The van der Waals surface area contributed by atoms with E-state index in [2.05, 4.69) is 10.6 Å². The molecule has 5 heteroatoms. The van der Waals surface area contributed by atoms with E-state index in [9.17, 15) is 9.90 Å². The second-order valence-corrected chi connectivity index (χ2v) is 6.85. The summed E-state index contributed by atoms with van der Waals surface area (Å²) in [6.07, 6.45) is 4.42. The Kier molecular flexibility index (Phi) is 5.27.